The van der Waals surface area contributed by atoms with Crippen LogP contribution in [0.25, 0.3) is 0 Å². The van der Waals surface area contributed by atoms with Gasteiger partial charge >= 0.3 is 0 Å². The van der Waals surface area contributed by atoms with Crippen LogP contribution in [0, 0.1) is 0 Å². The van der Waals surface area contributed by atoms with Crippen molar-refractivity contribution < 1.29 is 9.59 Å². The number of nitrogens with one attached hydrogen (secondary N) is 2. The number of halogens is 1. The van der Waals surface area contributed by atoms with Crippen molar-refractivity contribution in [1.29, 1.82) is 0 Å². The molecule has 0 aliphatic heterocycles. The van der Waals surface area contributed by atoms with Crippen LogP contribution in [-0.4, -0.2) is 28.3 Å². The second-order valence-corrected chi connectivity index (χ2v) is 7.23. The lowest BCUT2D eigenvalue weighted by atomic mass is 10.3. The molecule has 8 heteroatoms. The molecule has 2 aromatic carbocycles. The maximum atomic E-state index is 12.1. The largest absolute Gasteiger partial charge is 0.350 e. The van der Waals surface area contributed by atoms with E-state index in [2.05, 4.69) is 20.6 Å². The van der Waals surface area contributed by atoms with E-state index in [9.17, 15) is 9.59 Å². The summed E-state index contributed by atoms with van der Waals surface area (Å²) in [6.07, 6.45) is 4.42. The Morgan fingerprint density at radius 3 is 2.61 bits per heavy atom. The third-order valence-corrected chi connectivity index (χ3v) is 5.13. The number of nitrogens with zero attached hydrogens (tertiary/aromatic N) is 2. The van der Waals surface area contributed by atoms with E-state index in [4.69, 9.17) is 11.6 Å². The molecule has 6 nitrogen and oxygen atoms in total. The Morgan fingerprint density at radius 2 is 1.89 bits per heavy atom. The molecule has 28 heavy (non-hydrogen) atoms. The van der Waals surface area contributed by atoms with Gasteiger partial charge < -0.3 is 10.6 Å². The van der Waals surface area contributed by atoms with Gasteiger partial charge in [-0.1, -0.05) is 41.6 Å². The van der Waals surface area contributed by atoms with Crippen LogP contribution in [0.3, 0.4) is 0 Å². The van der Waals surface area contributed by atoms with Crippen LogP contribution >= 0.6 is 23.4 Å². The van der Waals surface area contributed by atoms with Gasteiger partial charge in [0, 0.05) is 40.8 Å². The molecule has 3 rings (SSSR count). The summed E-state index contributed by atoms with van der Waals surface area (Å²) in [5.41, 5.74) is 0.814. The first kappa shape index (κ1) is 19.9. The zero-order valence-electron chi connectivity index (χ0n) is 14.8. The number of benzene rings is 2. The minimum absolute atomic E-state index is 0.129. The monoisotopic (exact) mass is 412 g/mol. The van der Waals surface area contributed by atoms with Crippen molar-refractivity contribution in [2.75, 3.05) is 11.9 Å². The number of aromatic nitrogens is 2. The molecule has 0 atom stereocenters. The molecule has 0 bridgehead atoms. The lowest BCUT2D eigenvalue weighted by Gasteiger charge is -2.09. The van der Waals surface area contributed by atoms with Crippen molar-refractivity contribution in [1.82, 2.24) is 15.3 Å². The minimum Gasteiger partial charge on any atom is -0.350 e. The molecule has 2 amide bonds. The van der Waals surface area contributed by atoms with Gasteiger partial charge in [0.1, 0.15) is 5.69 Å². The number of carbonyl (C=O) groups excluding carboxylic acids is 2. The summed E-state index contributed by atoms with van der Waals surface area (Å²) in [6, 6.07) is 15.3. The SMILES string of the molecule is O=C(CCNC(=O)c1cnccn1)Nc1ccc(Sc2ccccc2)c(Cl)c1. The van der Waals surface area contributed by atoms with Gasteiger partial charge in [0.2, 0.25) is 5.91 Å². The summed E-state index contributed by atoms with van der Waals surface area (Å²) < 4.78 is 0. The quantitative estimate of drug-likeness (QED) is 0.611. The lowest BCUT2D eigenvalue weighted by Crippen LogP contribution is -2.28. The van der Waals surface area contributed by atoms with Crippen LogP contribution in [0.15, 0.2) is 76.9 Å². The summed E-state index contributed by atoms with van der Waals surface area (Å²) in [6.45, 7) is 0.191. The van der Waals surface area contributed by atoms with Gasteiger partial charge in [0.25, 0.3) is 5.91 Å². The van der Waals surface area contributed by atoms with Crippen LogP contribution in [0.5, 0.6) is 0 Å². The van der Waals surface area contributed by atoms with Crippen molar-refractivity contribution in [3.05, 3.63) is 77.8 Å². The maximum Gasteiger partial charge on any atom is 0.271 e. The maximum absolute atomic E-state index is 12.1. The highest BCUT2D eigenvalue weighted by atomic mass is 35.5. The molecular formula is C20H17ClN4O2S. The second kappa shape index (κ2) is 9.87. The van der Waals surface area contributed by atoms with E-state index in [1.54, 1.807) is 23.9 Å². The standard InChI is InChI=1S/C20H17ClN4O2S/c21-16-12-14(6-7-18(16)28-15-4-2-1-3-5-15)25-19(26)8-9-24-20(27)17-13-22-10-11-23-17/h1-7,10-13H,8-9H2,(H,24,27)(H,25,26). The molecule has 0 fully saturated rings. The molecule has 0 spiro atoms. The first-order valence-corrected chi connectivity index (χ1v) is 9.68. The van der Waals surface area contributed by atoms with Gasteiger partial charge in [0.15, 0.2) is 0 Å². The highest BCUT2D eigenvalue weighted by molar-refractivity contribution is 7.99. The fourth-order valence-corrected chi connectivity index (χ4v) is 3.43. The molecule has 0 saturated heterocycles. The Labute approximate surface area is 171 Å². The normalized spacial score (nSPS) is 10.3. The fourth-order valence-electron chi connectivity index (χ4n) is 2.30. The molecular weight excluding hydrogens is 396 g/mol. The van der Waals surface area contributed by atoms with E-state index >= 15 is 0 Å². The Bertz CT molecular complexity index is 955. The number of hydrogen-bond acceptors (Lipinski definition) is 5. The average molecular weight is 413 g/mol. The second-order valence-electron chi connectivity index (χ2n) is 5.71. The molecule has 0 unspecified atom stereocenters. The third-order valence-electron chi connectivity index (χ3n) is 3.62. The van der Waals surface area contributed by atoms with E-state index < -0.39 is 0 Å². The first-order valence-electron chi connectivity index (χ1n) is 8.48. The molecule has 0 radical (unpaired) electrons. The molecule has 0 aliphatic carbocycles. The Balaban J connectivity index is 1.49. The van der Waals surface area contributed by atoms with E-state index in [0.717, 1.165) is 9.79 Å². The van der Waals surface area contributed by atoms with E-state index in [1.165, 1.54) is 18.6 Å². The van der Waals surface area contributed by atoms with Crippen molar-refractivity contribution in [3.63, 3.8) is 0 Å². The molecule has 3 aromatic rings. The van der Waals surface area contributed by atoms with Crippen molar-refractivity contribution in [2.24, 2.45) is 0 Å². The number of hydrogen-bond donors (Lipinski definition) is 2. The summed E-state index contributed by atoms with van der Waals surface area (Å²) in [4.78, 5) is 33.6. The smallest absolute Gasteiger partial charge is 0.271 e. The Kier molecular flexibility index (Phi) is 7.00. The van der Waals surface area contributed by atoms with E-state index in [0.29, 0.717) is 10.7 Å². The molecule has 1 heterocycles. The molecule has 0 aliphatic rings. The molecule has 142 valence electrons. The highest BCUT2D eigenvalue weighted by Gasteiger charge is 2.09. The topological polar surface area (TPSA) is 84.0 Å². The third kappa shape index (κ3) is 5.80. The predicted octanol–water partition coefficient (Wildman–Crippen LogP) is 4.04. The summed E-state index contributed by atoms with van der Waals surface area (Å²) >= 11 is 7.89. The number of amides is 2. The van der Waals surface area contributed by atoms with Crippen LogP contribution in [0.4, 0.5) is 5.69 Å². The van der Waals surface area contributed by atoms with Gasteiger partial charge in [-0.15, -0.1) is 0 Å². The van der Waals surface area contributed by atoms with E-state index in [-0.39, 0.29) is 30.5 Å². The van der Waals surface area contributed by atoms with Gasteiger partial charge in [-0.2, -0.15) is 0 Å². The molecule has 2 N–H and O–H groups in total. The van der Waals surface area contributed by atoms with Crippen molar-refractivity contribution in [2.45, 2.75) is 16.2 Å². The first-order chi connectivity index (χ1) is 13.6. The van der Waals surface area contributed by atoms with Crippen molar-refractivity contribution >= 4 is 40.9 Å². The number of carbonyl (C=O) groups is 2. The van der Waals surface area contributed by atoms with Gasteiger partial charge in [0.05, 0.1) is 11.2 Å². The average Bonchev–Trinajstić information content (AvgIpc) is 2.71. The van der Waals surface area contributed by atoms with Crippen LogP contribution in [-0.2, 0) is 4.79 Å². The molecule has 1 aromatic heterocycles. The summed E-state index contributed by atoms with van der Waals surface area (Å²) in [7, 11) is 0. The lowest BCUT2D eigenvalue weighted by molar-refractivity contribution is -0.116. The summed E-state index contributed by atoms with van der Waals surface area (Å²) in [5.74, 6) is -0.592. The Hall–Kier alpha value is -2.90. The zero-order chi connectivity index (χ0) is 19.8. The van der Waals surface area contributed by atoms with Crippen LogP contribution < -0.4 is 10.6 Å². The van der Waals surface area contributed by atoms with Gasteiger partial charge in [-0.25, -0.2) is 4.98 Å². The predicted molar refractivity (Wildman–Crippen MR) is 110 cm³/mol. The van der Waals surface area contributed by atoms with Gasteiger partial charge in [-0.05, 0) is 30.3 Å². The van der Waals surface area contributed by atoms with E-state index in [1.807, 2.05) is 36.4 Å². The minimum atomic E-state index is -0.369. The zero-order valence-corrected chi connectivity index (χ0v) is 16.3. The van der Waals surface area contributed by atoms with Crippen LogP contribution in [0.1, 0.15) is 16.9 Å². The van der Waals surface area contributed by atoms with Crippen molar-refractivity contribution in [3.8, 4) is 0 Å². The van der Waals surface area contributed by atoms with Crippen LogP contribution in [0.2, 0.25) is 5.02 Å². The summed E-state index contributed by atoms with van der Waals surface area (Å²) in [5, 5.41) is 5.97. The Morgan fingerprint density at radius 1 is 1.07 bits per heavy atom. The number of anilines is 1. The number of rotatable bonds is 7. The van der Waals surface area contributed by atoms with Gasteiger partial charge in [-0.3, -0.25) is 14.6 Å². The molecule has 0 saturated carbocycles. The fraction of sp³-hybridized carbons (Fsp3) is 0.100. The highest BCUT2D eigenvalue weighted by Crippen LogP contribution is 2.34.